The fraction of sp³-hybridized carbons (Fsp3) is 0.375. The van der Waals surface area contributed by atoms with Gasteiger partial charge in [0.2, 0.25) is 0 Å². The van der Waals surface area contributed by atoms with Gasteiger partial charge in [0.15, 0.2) is 0 Å². The Balaban J connectivity index is 1.72. The normalized spacial score (nSPS) is 14.6. The Morgan fingerprint density at radius 2 is 1.95 bits per heavy atom. The van der Waals surface area contributed by atoms with Crippen LogP contribution in [0.4, 0.5) is 0 Å². The molecule has 3 heteroatoms. The number of aromatic nitrogens is 2. The molecule has 0 saturated carbocycles. The molecule has 1 aromatic heterocycles. The van der Waals surface area contributed by atoms with Crippen LogP contribution in [0.15, 0.2) is 30.3 Å². The van der Waals surface area contributed by atoms with Crippen molar-refractivity contribution in [3.8, 4) is 0 Å². The quantitative estimate of drug-likeness (QED) is 0.842. The molecule has 19 heavy (non-hydrogen) atoms. The largest absolute Gasteiger partial charge is 0.299 e. The Kier molecular flexibility index (Phi) is 2.97. The first-order chi connectivity index (χ1) is 9.13. The van der Waals surface area contributed by atoms with Gasteiger partial charge in [-0.1, -0.05) is 24.3 Å². The molecule has 3 nitrogen and oxygen atoms in total. The number of ketones is 1. The Morgan fingerprint density at radius 3 is 2.47 bits per heavy atom. The van der Waals surface area contributed by atoms with Crippen LogP contribution >= 0.6 is 0 Å². The number of aryl methyl sites for hydroxylation is 2. The van der Waals surface area contributed by atoms with Crippen LogP contribution in [0.2, 0.25) is 0 Å². The number of hydrogen-bond donors (Lipinski definition) is 0. The van der Waals surface area contributed by atoms with Gasteiger partial charge in [0.05, 0.1) is 5.69 Å². The topological polar surface area (TPSA) is 34.9 Å². The highest BCUT2D eigenvalue weighted by atomic mass is 16.1. The van der Waals surface area contributed by atoms with Crippen LogP contribution < -0.4 is 0 Å². The molecule has 2 aromatic rings. The molecule has 3 rings (SSSR count). The molecule has 1 aliphatic rings. The number of fused-ring (bicyclic) bond motifs is 1. The zero-order valence-electron chi connectivity index (χ0n) is 11.4. The van der Waals surface area contributed by atoms with Crippen LogP contribution in [0, 0.1) is 12.8 Å². The first-order valence-corrected chi connectivity index (χ1v) is 6.72. The molecule has 0 fully saturated rings. The van der Waals surface area contributed by atoms with Crippen LogP contribution in [0.25, 0.3) is 0 Å². The second-order valence-electron chi connectivity index (χ2n) is 5.42. The summed E-state index contributed by atoms with van der Waals surface area (Å²) < 4.78 is 1.81. The number of rotatable bonds is 3. The number of carbonyl (C=O) groups excluding carboxylic acids is 1. The summed E-state index contributed by atoms with van der Waals surface area (Å²) in [4.78, 5) is 12.4. The maximum absolute atomic E-state index is 12.4. The van der Waals surface area contributed by atoms with Gasteiger partial charge in [-0.05, 0) is 37.0 Å². The van der Waals surface area contributed by atoms with Crippen LogP contribution in [-0.4, -0.2) is 15.6 Å². The van der Waals surface area contributed by atoms with Gasteiger partial charge >= 0.3 is 0 Å². The lowest BCUT2D eigenvalue weighted by Gasteiger charge is -2.07. The molecule has 1 aliphatic carbocycles. The van der Waals surface area contributed by atoms with E-state index in [4.69, 9.17) is 0 Å². The summed E-state index contributed by atoms with van der Waals surface area (Å²) in [6.45, 7) is 1.96. The van der Waals surface area contributed by atoms with E-state index in [2.05, 4.69) is 29.4 Å². The van der Waals surface area contributed by atoms with Crippen molar-refractivity contribution in [2.75, 3.05) is 0 Å². The molecular weight excluding hydrogens is 236 g/mol. The van der Waals surface area contributed by atoms with E-state index in [-0.39, 0.29) is 5.92 Å². The third kappa shape index (κ3) is 2.33. The van der Waals surface area contributed by atoms with E-state index in [0.29, 0.717) is 12.2 Å². The van der Waals surface area contributed by atoms with Gasteiger partial charge in [-0.3, -0.25) is 9.48 Å². The van der Waals surface area contributed by atoms with Crippen LogP contribution in [0.5, 0.6) is 0 Å². The highest BCUT2D eigenvalue weighted by Crippen LogP contribution is 2.27. The highest BCUT2D eigenvalue weighted by molar-refractivity contribution is 5.84. The zero-order chi connectivity index (χ0) is 13.4. The van der Waals surface area contributed by atoms with Crippen molar-refractivity contribution >= 4 is 5.78 Å². The molecule has 1 heterocycles. The van der Waals surface area contributed by atoms with Crippen LogP contribution in [-0.2, 0) is 31.1 Å². The summed E-state index contributed by atoms with van der Waals surface area (Å²) in [5, 5.41) is 4.29. The molecule has 0 spiro atoms. The maximum atomic E-state index is 12.4. The van der Waals surface area contributed by atoms with Gasteiger partial charge in [-0.15, -0.1) is 0 Å². The lowest BCUT2D eigenvalue weighted by molar-refractivity contribution is -0.122. The summed E-state index contributed by atoms with van der Waals surface area (Å²) in [6, 6.07) is 10.4. The summed E-state index contributed by atoms with van der Waals surface area (Å²) in [7, 11) is 1.90. The van der Waals surface area contributed by atoms with E-state index in [1.165, 1.54) is 11.1 Å². The third-order valence-electron chi connectivity index (χ3n) is 3.96. The summed E-state index contributed by atoms with van der Waals surface area (Å²) in [5.74, 6) is 0.479. The zero-order valence-corrected chi connectivity index (χ0v) is 11.4. The fourth-order valence-electron chi connectivity index (χ4n) is 2.94. The number of carbonyl (C=O) groups is 1. The van der Waals surface area contributed by atoms with Crippen LogP contribution in [0.3, 0.4) is 0 Å². The average Bonchev–Trinajstić information content (AvgIpc) is 2.93. The van der Waals surface area contributed by atoms with E-state index in [9.17, 15) is 4.79 Å². The number of hydrogen-bond acceptors (Lipinski definition) is 2. The van der Waals surface area contributed by atoms with E-state index in [0.717, 1.165) is 24.2 Å². The third-order valence-corrected chi connectivity index (χ3v) is 3.96. The smallest absolute Gasteiger partial charge is 0.142 e. The van der Waals surface area contributed by atoms with E-state index in [1.54, 1.807) is 0 Å². The van der Waals surface area contributed by atoms with Gasteiger partial charge in [0.1, 0.15) is 5.78 Å². The Labute approximate surface area is 113 Å². The van der Waals surface area contributed by atoms with E-state index < -0.39 is 0 Å². The SMILES string of the molecule is Cc1cc(CC(=O)C2Cc3ccccc3C2)n(C)n1. The van der Waals surface area contributed by atoms with E-state index in [1.807, 2.05) is 24.7 Å². The van der Waals surface area contributed by atoms with Crippen molar-refractivity contribution in [1.29, 1.82) is 0 Å². The molecule has 0 radical (unpaired) electrons. The van der Waals surface area contributed by atoms with Crippen molar-refractivity contribution < 1.29 is 4.79 Å². The van der Waals surface area contributed by atoms with Gasteiger partial charge in [-0.2, -0.15) is 5.10 Å². The lowest BCUT2D eigenvalue weighted by atomic mass is 9.97. The molecule has 0 aliphatic heterocycles. The van der Waals surface area contributed by atoms with Crippen molar-refractivity contribution in [3.63, 3.8) is 0 Å². The van der Waals surface area contributed by atoms with Gasteiger partial charge in [0.25, 0.3) is 0 Å². The molecule has 0 saturated heterocycles. The molecular formula is C16H18N2O. The summed E-state index contributed by atoms with van der Waals surface area (Å²) in [5.41, 5.74) is 4.66. The molecule has 98 valence electrons. The van der Waals surface area contributed by atoms with Gasteiger partial charge in [0, 0.05) is 25.1 Å². The minimum atomic E-state index is 0.146. The minimum Gasteiger partial charge on any atom is -0.299 e. The van der Waals surface area contributed by atoms with Crippen molar-refractivity contribution in [2.45, 2.75) is 26.2 Å². The van der Waals surface area contributed by atoms with Gasteiger partial charge < -0.3 is 0 Å². The Morgan fingerprint density at radius 1 is 1.32 bits per heavy atom. The standard InChI is InChI=1S/C16H18N2O/c1-11-7-15(18(2)17-11)10-16(19)14-8-12-5-3-4-6-13(12)9-14/h3-7,14H,8-10H2,1-2H3. The number of nitrogens with zero attached hydrogens (tertiary/aromatic N) is 2. The number of Topliss-reactive ketones (excluding diaryl/α,β-unsaturated/α-hetero) is 1. The average molecular weight is 254 g/mol. The molecule has 0 bridgehead atoms. The number of benzene rings is 1. The molecule has 1 aromatic carbocycles. The summed E-state index contributed by atoms with van der Waals surface area (Å²) in [6.07, 6.45) is 2.29. The minimum absolute atomic E-state index is 0.146. The molecule has 0 N–H and O–H groups in total. The van der Waals surface area contributed by atoms with Crippen LogP contribution in [0.1, 0.15) is 22.5 Å². The second kappa shape index (κ2) is 4.65. The fourth-order valence-corrected chi connectivity index (χ4v) is 2.94. The first-order valence-electron chi connectivity index (χ1n) is 6.72. The predicted octanol–water partition coefficient (Wildman–Crippen LogP) is 2.26. The van der Waals surface area contributed by atoms with Crippen molar-refractivity contribution in [3.05, 3.63) is 52.8 Å². The van der Waals surface area contributed by atoms with E-state index >= 15 is 0 Å². The lowest BCUT2D eigenvalue weighted by Crippen LogP contribution is -2.18. The maximum Gasteiger partial charge on any atom is 0.142 e. The Hall–Kier alpha value is -1.90. The van der Waals surface area contributed by atoms with Crippen molar-refractivity contribution in [2.24, 2.45) is 13.0 Å². The predicted molar refractivity (Wildman–Crippen MR) is 74.0 cm³/mol. The molecule has 0 unspecified atom stereocenters. The summed E-state index contributed by atoms with van der Waals surface area (Å²) >= 11 is 0. The first kappa shape index (κ1) is 12.2. The Bertz CT molecular complexity index is 602. The molecule has 0 atom stereocenters. The second-order valence-corrected chi connectivity index (χ2v) is 5.42. The highest BCUT2D eigenvalue weighted by Gasteiger charge is 2.27. The molecule has 0 amide bonds. The van der Waals surface area contributed by atoms with Crippen molar-refractivity contribution in [1.82, 2.24) is 9.78 Å². The van der Waals surface area contributed by atoms with Gasteiger partial charge in [-0.25, -0.2) is 0 Å². The monoisotopic (exact) mass is 254 g/mol.